The number of halogens is 3. The lowest BCUT2D eigenvalue weighted by atomic mass is 10.1. The number of nitrogens with one attached hydrogen (secondary N) is 2. The molecule has 1 saturated heterocycles. The Morgan fingerprint density at radius 1 is 1.25 bits per heavy atom. The molecule has 2 atom stereocenters. The average Bonchev–Trinajstić information content (AvgIpc) is 3.28. The molecule has 2 N–H and O–H groups in total. The molecule has 2 aromatic rings. The summed E-state index contributed by atoms with van der Waals surface area (Å²) >= 11 is 1.06. The standard InChI is InChI=1S/C18H20F3N5O4S2/c1-9(31-18-25-24-16(26(18)2)10-5-6-32(29,30)8-10)17(28)22-7-13(27)23-12-4-3-11(19)14(20)15(12)21/h3-4,9-10H,5-8H2,1-2H3,(H,22,28)(H,23,27)/t9-,10-/m1/s1. The van der Waals surface area contributed by atoms with Gasteiger partial charge in [0.25, 0.3) is 0 Å². The van der Waals surface area contributed by atoms with Crippen LogP contribution in [-0.4, -0.2) is 58.3 Å². The second-order valence-electron chi connectivity index (χ2n) is 7.25. The molecule has 32 heavy (non-hydrogen) atoms. The van der Waals surface area contributed by atoms with Crippen molar-refractivity contribution in [3.05, 3.63) is 35.4 Å². The fourth-order valence-electron chi connectivity index (χ4n) is 3.12. The van der Waals surface area contributed by atoms with Gasteiger partial charge in [0.2, 0.25) is 11.8 Å². The Hall–Kier alpha value is -2.61. The van der Waals surface area contributed by atoms with Crippen LogP contribution in [0.15, 0.2) is 17.3 Å². The van der Waals surface area contributed by atoms with Crippen LogP contribution in [-0.2, 0) is 26.5 Å². The van der Waals surface area contributed by atoms with E-state index in [9.17, 15) is 31.2 Å². The zero-order valence-electron chi connectivity index (χ0n) is 17.1. The van der Waals surface area contributed by atoms with Crippen LogP contribution in [0.1, 0.15) is 25.1 Å². The zero-order valence-corrected chi connectivity index (χ0v) is 18.7. The molecule has 1 aromatic carbocycles. The average molecular weight is 492 g/mol. The Morgan fingerprint density at radius 2 is 1.97 bits per heavy atom. The monoisotopic (exact) mass is 491 g/mol. The molecule has 174 valence electrons. The van der Waals surface area contributed by atoms with Gasteiger partial charge in [-0.25, -0.2) is 21.6 Å². The number of hydrogen-bond acceptors (Lipinski definition) is 7. The number of carbonyl (C=O) groups excluding carboxylic acids is 2. The van der Waals surface area contributed by atoms with Gasteiger partial charge in [-0.05, 0) is 25.5 Å². The molecule has 2 heterocycles. The molecule has 1 aliphatic rings. The molecule has 0 bridgehead atoms. The Balaban J connectivity index is 1.53. The molecular formula is C18H20F3N5O4S2. The third-order valence-electron chi connectivity index (χ3n) is 4.85. The normalized spacial score (nSPS) is 18.3. The fourth-order valence-corrected chi connectivity index (χ4v) is 5.71. The highest BCUT2D eigenvalue weighted by molar-refractivity contribution is 8.00. The van der Waals surface area contributed by atoms with Gasteiger partial charge in [-0.1, -0.05) is 11.8 Å². The summed E-state index contributed by atoms with van der Waals surface area (Å²) in [6, 6.07) is 1.54. The van der Waals surface area contributed by atoms with Crippen LogP contribution in [0, 0.1) is 17.5 Å². The summed E-state index contributed by atoms with van der Waals surface area (Å²) < 4.78 is 64.8. The van der Waals surface area contributed by atoms with Crippen LogP contribution >= 0.6 is 11.8 Å². The highest BCUT2D eigenvalue weighted by Gasteiger charge is 2.33. The largest absolute Gasteiger partial charge is 0.346 e. The van der Waals surface area contributed by atoms with E-state index in [1.807, 2.05) is 0 Å². The van der Waals surface area contributed by atoms with Gasteiger partial charge < -0.3 is 15.2 Å². The van der Waals surface area contributed by atoms with Gasteiger partial charge >= 0.3 is 0 Å². The van der Waals surface area contributed by atoms with Gasteiger partial charge in [0.1, 0.15) is 5.82 Å². The maximum absolute atomic E-state index is 13.6. The van der Waals surface area contributed by atoms with Gasteiger partial charge in [0.15, 0.2) is 32.4 Å². The molecule has 0 unspecified atom stereocenters. The van der Waals surface area contributed by atoms with E-state index < -0.39 is 56.6 Å². The molecule has 3 rings (SSSR count). The summed E-state index contributed by atoms with van der Waals surface area (Å²) in [5, 5.41) is 12.2. The first-order chi connectivity index (χ1) is 15.0. The quantitative estimate of drug-likeness (QED) is 0.443. The van der Waals surface area contributed by atoms with Crippen LogP contribution in [0.4, 0.5) is 18.9 Å². The van der Waals surface area contributed by atoms with E-state index in [0.717, 1.165) is 17.8 Å². The number of thioether (sulfide) groups is 1. The predicted molar refractivity (Wildman–Crippen MR) is 110 cm³/mol. The molecule has 0 spiro atoms. The number of anilines is 1. The predicted octanol–water partition coefficient (Wildman–Crippen LogP) is 1.37. The van der Waals surface area contributed by atoms with Crippen molar-refractivity contribution in [2.45, 2.75) is 29.7 Å². The van der Waals surface area contributed by atoms with E-state index in [-0.39, 0.29) is 17.4 Å². The molecule has 0 saturated carbocycles. The first-order valence-corrected chi connectivity index (χ1v) is 12.2. The molecule has 1 aliphatic heterocycles. The van der Waals surface area contributed by atoms with E-state index in [1.165, 1.54) is 0 Å². The highest BCUT2D eigenvalue weighted by atomic mass is 32.2. The van der Waals surface area contributed by atoms with Gasteiger partial charge in [-0.2, -0.15) is 0 Å². The van der Waals surface area contributed by atoms with Crippen molar-refractivity contribution in [1.82, 2.24) is 20.1 Å². The molecule has 2 amide bonds. The van der Waals surface area contributed by atoms with E-state index >= 15 is 0 Å². The summed E-state index contributed by atoms with van der Waals surface area (Å²) in [6.45, 7) is 1.05. The second-order valence-corrected chi connectivity index (χ2v) is 10.8. The van der Waals surface area contributed by atoms with Gasteiger partial charge in [0, 0.05) is 13.0 Å². The van der Waals surface area contributed by atoms with Crippen molar-refractivity contribution in [1.29, 1.82) is 0 Å². The molecular weight excluding hydrogens is 471 g/mol. The lowest BCUT2D eigenvalue weighted by molar-refractivity contribution is -0.123. The van der Waals surface area contributed by atoms with Gasteiger partial charge in [-0.15, -0.1) is 10.2 Å². The van der Waals surface area contributed by atoms with Crippen molar-refractivity contribution < 1.29 is 31.2 Å². The van der Waals surface area contributed by atoms with Crippen molar-refractivity contribution in [2.24, 2.45) is 7.05 Å². The minimum absolute atomic E-state index is 0.00728. The van der Waals surface area contributed by atoms with E-state index in [4.69, 9.17) is 0 Å². The van der Waals surface area contributed by atoms with Crippen LogP contribution < -0.4 is 10.6 Å². The summed E-state index contributed by atoms with van der Waals surface area (Å²) in [4.78, 5) is 24.2. The number of rotatable bonds is 7. The Bertz CT molecular complexity index is 1160. The number of aromatic nitrogens is 3. The van der Waals surface area contributed by atoms with Crippen molar-refractivity contribution >= 4 is 39.1 Å². The molecule has 9 nitrogen and oxygen atoms in total. The number of hydrogen-bond donors (Lipinski definition) is 2. The second kappa shape index (κ2) is 9.48. The summed E-state index contributed by atoms with van der Waals surface area (Å²) in [5.74, 6) is -5.62. The number of amides is 2. The number of sulfone groups is 1. The smallest absolute Gasteiger partial charge is 0.243 e. The van der Waals surface area contributed by atoms with Crippen molar-refractivity contribution in [3.63, 3.8) is 0 Å². The Kier molecular flexibility index (Phi) is 7.12. The minimum atomic E-state index is -3.09. The van der Waals surface area contributed by atoms with Crippen LogP contribution in [0.2, 0.25) is 0 Å². The topological polar surface area (TPSA) is 123 Å². The number of benzene rings is 1. The SMILES string of the molecule is C[C@@H](Sc1nnc([C@@H]2CCS(=O)(=O)C2)n1C)C(=O)NCC(=O)Nc1ccc(F)c(F)c1F. The van der Waals surface area contributed by atoms with Crippen molar-refractivity contribution in [2.75, 3.05) is 23.4 Å². The summed E-state index contributed by atoms with van der Waals surface area (Å²) in [6.07, 6.45) is 0.461. The molecule has 0 radical (unpaired) electrons. The van der Waals surface area contributed by atoms with Crippen LogP contribution in [0.3, 0.4) is 0 Å². The lowest BCUT2D eigenvalue weighted by Gasteiger charge is -2.13. The summed E-state index contributed by atoms with van der Waals surface area (Å²) in [7, 11) is -1.41. The Morgan fingerprint density at radius 3 is 2.62 bits per heavy atom. The van der Waals surface area contributed by atoms with E-state index in [1.54, 1.807) is 18.5 Å². The number of carbonyl (C=O) groups is 2. The molecule has 1 aromatic heterocycles. The van der Waals surface area contributed by atoms with E-state index in [0.29, 0.717) is 23.5 Å². The van der Waals surface area contributed by atoms with Crippen molar-refractivity contribution in [3.8, 4) is 0 Å². The molecule has 1 fully saturated rings. The van der Waals surface area contributed by atoms with Crippen LogP contribution in [0.25, 0.3) is 0 Å². The summed E-state index contributed by atoms with van der Waals surface area (Å²) in [5.41, 5.74) is -0.550. The Labute approximate surface area is 186 Å². The van der Waals surface area contributed by atoms with Crippen LogP contribution in [0.5, 0.6) is 0 Å². The van der Waals surface area contributed by atoms with Gasteiger partial charge in [-0.3, -0.25) is 9.59 Å². The number of nitrogens with zero attached hydrogens (tertiary/aromatic N) is 3. The zero-order chi connectivity index (χ0) is 23.6. The maximum Gasteiger partial charge on any atom is 0.243 e. The molecule has 14 heteroatoms. The third-order valence-corrected chi connectivity index (χ3v) is 7.75. The maximum atomic E-state index is 13.6. The molecule has 0 aliphatic carbocycles. The minimum Gasteiger partial charge on any atom is -0.346 e. The highest BCUT2D eigenvalue weighted by Crippen LogP contribution is 2.30. The first kappa shape index (κ1) is 24.0. The fraction of sp³-hybridized carbons (Fsp3) is 0.444. The van der Waals surface area contributed by atoms with Gasteiger partial charge in [0.05, 0.1) is 29.0 Å². The first-order valence-electron chi connectivity index (χ1n) is 9.46. The van der Waals surface area contributed by atoms with E-state index in [2.05, 4.69) is 20.8 Å². The third kappa shape index (κ3) is 5.41. The lowest BCUT2D eigenvalue weighted by Crippen LogP contribution is -2.37.